The number of carbonyl (C=O) groups excluding carboxylic acids is 1. The Morgan fingerprint density at radius 1 is 1.05 bits per heavy atom. The Morgan fingerprint density at radius 2 is 1.80 bits per heavy atom. The third-order valence-corrected chi connectivity index (χ3v) is 4.12. The molecule has 0 atom stereocenters. The van der Waals surface area contributed by atoms with Crippen LogP contribution in [0.15, 0.2) is 36.4 Å². The average molecular weight is 289 g/mol. The zero-order chi connectivity index (χ0) is 14.1. The molecule has 2 aromatic rings. The first-order valence-electron chi connectivity index (χ1n) is 6.77. The van der Waals surface area contributed by atoms with Crippen molar-refractivity contribution in [2.75, 3.05) is 0 Å². The van der Waals surface area contributed by atoms with E-state index in [0.29, 0.717) is 5.56 Å². The molecule has 3 heteroatoms. The van der Waals surface area contributed by atoms with E-state index in [2.05, 4.69) is 0 Å². The minimum atomic E-state index is -0.569. The summed E-state index contributed by atoms with van der Waals surface area (Å²) in [6.07, 6.45) is 4.39. The van der Waals surface area contributed by atoms with E-state index in [-0.39, 0.29) is 16.4 Å². The number of ketones is 1. The monoisotopic (exact) mass is 288 g/mol. The van der Waals surface area contributed by atoms with Gasteiger partial charge in [0.2, 0.25) is 0 Å². The van der Waals surface area contributed by atoms with Crippen molar-refractivity contribution in [3.05, 3.63) is 69.5 Å². The van der Waals surface area contributed by atoms with Crippen LogP contribution in [0.4, 0.5) is 4.39 Å². The van der Waals surface area contributed by atoms with Crippen molar-refractivity contribution >= 4 is 17.4 Å². The molecule has 0 saturated heterocycles. The van der Waals surface area contributed by atoms with E-state index in [1.54, 1.807) is 6.07 Å². The molecule has 0 fully saturated rings. The summed E-state index contributed by atoms with van der Waals surface area (Å²) in [5.74, 6) is -0.915. The molecule has 2 aromatic carbocycles. The summed E-state index contributed by atoms with van der Waals surface area (Å²) in [6, 6.07) is 9.94. The van der Waals surface area contributed by atoms with Crippen LogP contribution >= 0.6 is 11.6 Å². The first-order chi connectivity index (χ1) is 9.66. The quantitative estimate of drug-likeness (QED) is 0.739. The van der Waals surface area contributed by atoms with Gasteiger partial charge in [0.05, 0.1) is 10.6 Å². The number of benzene rings is 2. The molecule has 1 aliphatic rings. The summed E-state index contributed by atoms with van der Waals surface area (Å²) < 4.78 is 13.8. The average Bonchev–Trinajstić information content (AvgIpc) is 2.46. The third-order valence-electron chi connectivity index (χ3n) is 3.80. The minimum Gasteiger partial charge on any atom is -0.288 e. The van der Waals surface area contributed by atoms with Crippen LogP contribution in [-0.2, 0) is 12.8 Å². The zero-order valence-electron chi connectivity index (χ0n) is 11.0. The molecule has 1 aliphatic carbocycles. The molecule has 0 N–H and O–H groups in total. The molecule has 20 heavy (non-hydrogen) atoms. The molecule has 0 spiro atoms. The van der Waals surface area contributed by atoms with E-state index in [1.165, 1.54) is 35.7 Å². The van der Waals surface area contributed by atoms with Gasteiger partial charge in [-0.3, -0.25) is 4.79 Å². The Kier molecular flexibility index (Phi) is 3.58. The smallest absolute Gasteiger partial charge is 0.197 e. The van der Waals surface area contributed by atoms with Crippen LogP contribution in [0.3, 0.4) is 0 Å². The number of aryl methyl sites for hydroxylation is 2. The summed E-state index contributed by atoms with van der Waals surface area (Å²) >= 11 is 5.96. The summed E-state index contributed by atoms with van der Waals surface area (Å²) in [4.78, 5) is 12.4. The maximum Gasteiger partial charge on any atom is 0.197 e. The van der Waals surface area contributed by atoms with Crippen molar-refractivity contribution in [1.82, 2.24) is 0 Å². The van der Waals surface area contributed by atoms with Crippen molar-refractivity contribution in [3.8, 4) is 0 Å². The van der Waals surface area contributed by atoms with Gasteiger partial charge in [0.15, 0.2) is 5.78 Å². The molecule has 0 bridgehead atoms. The fourth-order valence-corrected chi connectivity index (χ4v) is 2.98. The standard InChI is InChI=1S/C17H14ClFO/c18-14-6-3-7-15(19)16(14)17(20)13-9-8-11-4-1-2-5-12(11)10-13/h3,6-10H,1-2,4-5H2. The van der Waals surface area contributed by atoms with Gasteiger partial charge >= 0.3 is 0 Å². The third kappa shape index (κ3) is 2.36. The van der Waals surface area contributed by atoms with Gasteiger partial charge in [0.25, 0.3) is 0 Å². The molecule has 3 rings (SSSR count). The van der Waals surface area contributed by atoms with E-state index < -0.39 is 5.82 Å². The summed E-state index contributed by atoms with van der Waals surface area (Å²) in [5.41, 5.74) is 2.98. The zero-order valence-corrected chi connectivity index (χ0v) is 11.7. The number of fused-ring (bicyclic) bond motifs is 1. The fraction of sp³-hybridized carbons (Fsp3) is 0.235. The second-order valence-corrected chi connectivity index (χ2v) is 5.52. The topological polar surface area (TPSA) is 17.1 Å². The van der Waals surface area contributed by atoms with Gasteiger partial charge in [-0.1, -0.05) is 29.8 Å². The Hall–Kier alpha value is -1.67. The van der Waals surface area contributed by atoms with Gasteiger partial charge in [0.1, 0.15) is 5.82 Å². The molecule has 0 aromatic heterocycles. The Bertz CT molecular complexity index is 658. The minimum absolute atomic E-state index is 0.0371. The van der Waals surface area contributed by atoms with Crippen LogP contribution in [0.1, 0.15) is 39.9 Å². The number of halogens is 2. The Labute approximate surface area is 122 Å². The van der Waals surface area contributed by atoms with Crippen LogP contribution in [0.25, 0.3) is 0 Å². The molecular formula is C17H14ClFO. The molecule has 102 valence electrons. The van der Waals surface area contributed by atoms with Gasteiger partial charge in [-0.15, -0.1) is 0 Å². The molecule has 0 amide bonds. The van der Waals surface area contributed by atoms with Crippen LogP contribution in [-0.4, -0.2) is 5.78 Å². The SMILES string of the molecule is O=C(c1ccc2c(c1)CCCC2)c1c(F)cccc1Cl. The van der Waals surface area contributed by atoms with Crippen LogP contribution in [0.2, 0.25) is 5.02 Å². The summed E-state index contributed by atoms with van der Waals surface area (Å²) in [5, 5.41) is 0.160. The predicted octanol–water partition coefficient (Wildman–Crippen LogP) is 4.59. The van der Waals surface area contributed by atoms with Gasteiger partial charge in [-0.25, -0.2) is 4.39 Å². The molecule has 0 heterocycles. The number of carbonyl (C=O) groups is 1. The summed E-state index contributed by atoms with van der Waals surface area (Å²) in [6.45, 7) is 0. The number of hydrogen-bond acceptors (Lipinski definition) is 1. The van der Waals surface area contributed by atoms with Gasteiger partial charge < -0.3 is 0 Å². The highest BCUT2D eigenvalue weighted by Gasteiger charge is 2.19. The Morgan fingerprint density at radius 3 is 2.55 bits per heavy atom. The molecular weight excluding hydrogens is 275 g/mol. The maximum atomic E-state index is 13.8. The van der Waals surface area contributed by atoms with E-state index in [0.717, 1.165) is 19.3 Å². The highest BCUT2D eigenvalue weighted by Crippen LogP contribution is 2.26. The van der Waals surface area contributed by atoms with Crippen LogP contribution in [0.5, 0.6) is 0 Å². The van der Waals surface area contributed by atoms with Crippen molar-refractivity contribution in [2.24, 2.45) is 0 Å². The molecule has 0 aliphatic heterocycles. The van der Waals surface area contributed by atoms with Crippen molar-refractivity contribution in [3.63, 3.8) is 0 Å². The first-order valence-corrected chi connectivity index (χ1v) is 7.15. The predicted molar refractivity (Wildman–Crippen MR) is 77.9 cm³/mol. The van der Waals surface area contributed by atoms with Crippen molar-refractivity contribution < 1.29 is 9.18 Å². The fourth-order valence-electron chi connectivity index (χ4n) is 2.73. The lowest BCUT2D eigenvalue weighted by atomic mass is 9.89. The normalized spacial score (nSPS) is 13.9. The number of rotatable bonds is 2. The van der Waals surface area contributed by atoms with E-state index in [9.17, 15) is 9.18 Å². The molecule has 1 nitrogen and oxygen atoms in total. The second kappa shape index (κ2) is 5.37. The lowest BCUT2D eigenvalue weighted by Crippen LogP contribution is -2.09. The lowest BCUT2D eigenvalue weighted by molar-refractivity contribution is 0.103. The van der Waals surface area contributed by atoms with E-state index in [1.807, 2.05) is 12.1 Å². The largest absolute Gasteiger partial charge is 0.288 e. The van der Waals surface area contributed by atoms with Crippen molar-refractivity contribution in [1.29, 1.82) is 0 Å². The van der Waals surface area contributed by atoms with Crippen molar-refractivity contribution in [2.45, 2.75) is 25.7 Å². The number of hydrogen-bond donors (Lipinski definition) is 0. The maximum absolute atomic E-state index is 13.8. The first kappa shape index (κ1) is 13.3. The highest BCUT2D eigenvalue weighted by molar-refractivity contribution is 6.35. The molecule has 0 saturated carbocycles. The Balaban J connectivity index is 2.03. The molecule has 0 radical (unpaired) electrons. The molecule has 0 unspecified atom stereocenters. The van der Waals surface area contributed by atoms with Gasteiger partial charge in [-0.2, -0.15) is 0 Å². The van der Waals surface area contributed by atoms with Gasteiger partial charge in [0, 0.05) is 5.56 Å². The summed E-state index contributed by atoms with van der Waals surface area (Å²) in [7, 11) is 0. The van der Waals surface area contributed by atoms with E-state index >= 15 is 0 Å². The van der Waals surface area contributed by atoms with Crippen LogP contribution < -0.4 is 0 Å². The lowest BCUT2D eigenvalue weighted by Gasteiger charge is -2.16. The van der Waals surface area contributed by atoms with Gasteiger partial charge in [-0.05, 0) is 55.0 Å². The second-order valence-electron chi connectivity index (χ2n) is 5.12. The van der Waals surface area contributed by atoms with E-state index in [4.69, 9.17) is 11.6 Å². The van der Waals surface area contributed by atoms with Crippen LogP contribution in [0, 0.1) is 5.82 Å². The highest BCUT2D eigenvalue weighted by atomic mass is 35.5.